The highest BCUT2D eigenvalue weighted by atomic mass is 32.2. The Kier molecular flexibility index (Phi) is 4.76. The Balaban J connectivity index is 1.68. The molecule has 2 aliphatic rings. The fourth-order valence-corrected chi connectivity index (χ4v) is 5.44. The minimum atomic E-state index is -3.36. The highest BCUT2D eigenvalue weighted by Crippen LogP contribution is 2.45. The van der Waals surface area contributed by atoms with Crippen LogP contribution in [0, 0.1) is 0 Å². The van der Waals surface area contributed by atoms with E-state index in [2.05, 4.69) is 4.98 Å². The van der Waals surface area contributed by atoms with Gasteiger partial charge in [0.05, 0.1) is 17.5 Å². The first kappa shape index (κ1) is 16.9. The van der Waals surface area contributed by atoms with Gasteiger partial charge in [-0.1, -0.05) is 6.07 Å². The van der Waals surface area contributed by atoms with Gasteiger partial charge in [0.15, 0.2) is 0 Å². The first-order chi connectivity index (χ1) is 10.9. The van der Waals surface area contributed by atoms with Crippen LogP contribution in [0.15, 0.2) is 24.5 Å². The first-order valence-corrected chi connectivity index (χ1v) is 10.1. The molecule has 0 amide bonds. The van der Waals surface area contributed by atoms with Gasteiger partial charge in [0, 0.05) is 25.0 Å². The van der Waals surface area contributed by atoms with E-state index in [1.165, 1.54) is 6.42 Å². The van der Waals surface area contributed by atoms with Gasteiger partial charge in [0.2, 0.25) is 10.0 Å². The maximum atomic E-state index is 12.9. The van der Waals surface area contributed by atoms with Crippen LogP contribution >= 0.6 is 0 Å². The van der Waals surface area contributed by atoms with Crippen LogP contribution in [0.4, 0.5) is 0 Å². The van der Waals surface area contributed by atoms with Crippen molar-refractivity contribution in [2.24, 2.45) is 0 Å². The Morgan fingerprint density at radius 2 is 2.17 bits per heavy atom. The number of hydrogen-bond donors (Lipinski definition) is 0. The molecule has 3 rings (SSSR count). The van der Waals surface area contributed by atoms with Crippen LogP contribution < -0.4 is 0 Å². The van der Waals surface area contributed by atoms with Crippen LogP contribution in [-0.4, -0.2) is 41.2 Å². The zero-order valence-electron chi connectivity index (χ0n) is 13.9. The van der Waals surface area contributed by atoms with Crippen LogP contribution in [0.2, 0.25) is 0 Å². The van der Waals surface area contributed by atoms with Crippen molar-refractivity contribution in [3.05, 3.63) is 30.1 Å². The lowest BCUT2D eigenvalue weighted by Gasteiger charge is -2.38. The number of aromatic nitrogens is 1. The molecule has 2 heterocycles. The summed E-state index contributed by atoms with van der Waals surface area (Å²) in [6.45, 7) is 4.19. The molecule has 5 nitrogen and oxygen atoms in total. The third kappa shape index (κ3) is 3.75. The van der Waals surface area contributed by atoms with E-state index in [0.717, 1.165) is 31.2 Å². The summed E-state index contributed by atoms with van der Waals surface area (Å²) in [4.78, 5) is 4.07. The second kappa shape index (κ2) is 6.49. The third-order valence-electron chi connectivity index (χ3n) is 4.99. The quantitative estimate of drug-likeness (QED) is 0.800. The van der Waals surface area contributed by atoms with Gasteiger partial charge in [-0.25, -0.2) is 8.42 Å². The first-order valence-electron chi connectivity index (χ1n) is 8.46. The van der Waals surface area contributed by atoms with E-state index in [-0.39, 0.29) is 23.5 Å². The number of pyridine rings is 1. The van der Waals surface area contributed by atoms with Crippen LogP contribution in [0.3, 0.4) is 0 Å². The highest BCUT2D eigenvalue weighted by molar-refractivity contribution is 7.89. The number of rotatable bonds is 6. The molecule has 1 saturated heterocycles. The largest absolute Gasteiger partial charge is 0.371 e. The van der Waals surface area contributed by atoms with E-state index in [1.807, 2.05) is 26.0 Å². The number of sulfonamides is 1. The molecule has 1 atom stereocenters. The molecule has 128 valence electrons. The molecule has 1 saturated carbocycles. The SMILES string of the molecule is CC(C)N(Cc1cccnc1)S(=O)(=O)CC1CCC2(CCC2)O1. The summed E-state index contributed by atoms with van der Waals surface area (Å²) in [6, 6.07) is 3.66. The average molecular weight is 338 g/mol. The van der Waals surface area contributed by atoms with Gasteiger partial charge < -0.3 is 4.74 Å². The van der Waals surface area contributed by atoms with Gasteiger partial charge >= 0.3 is 0 Å². The van der Waals surface area contributed by atoms with Gasteiger partial charge in [-0.2, -0.15) is 4.31 Å². The van der Waals surface area contributed by atoms with Gasteiger partial charge in [-0.05, 0) is 57.6 Å². The highest BCUT2D eigenvalue weighted by Gasteiger charge is 2.46. The summed E-state index contributed by atoms with van der Waals surface area (Å²) >= 11 is 0. The van der Waals surface area contributed by atoms with Crippen molar-refractivity contribution in [3.8, 4) is 0 Å². The molecule has 1 unspecified atom stereocenters. The predicted octanol–water partition coefficient (Wildman–Crippen LogP) is 2.72. The van der Waals surface area contributed by atoms with Crippen LogP contribution in [0.1, 0.15) is 51.5 Å². The fourth-order valence-electron chi connectivity index (χ4n) is 3.56. The Labute approximate surface area is 139 Å². The van der Waals surface area contributed by atoms with Gasteiger partial charge in [-0.3, -0.25) is 4.98 Å². The minimum Gasteiger partial charge on any atom is -0.371 e. The maximum absolute atomic E-state index is 12.9. The molecule has 0 radical (unpaired) electrons. The van der Waals surface area contributed by atoms with Crippen molar-refractivity contribution in [2.45, 2.75) is 70.2 Å². The zero-order chi connectivity index (χ0) is 16.5. The van der Waals surface area contributed by atoms with E-state index < -0.39 is 10.0 Å². The molecule has 1 aromatic rings. The standard InChI is InChI=1S/C17H26N2O3S/c1-14(2)19(12-15-5-3-10-18-11-15)23(20,21)13-16-6-9-17(22-16)7-4-8-17/h3,5,10-11,14,16H,4,6-9,12-13H2,1-2H3. The van der Waals surface area contributed by atoms with Crippen molar-refractivity contribution < 1.29 is 13.2 Å². The lowest BCUT2D eigenvalue weighted by Crippen LogP contribution is -2.42. The molecular weight excluding hydrogens is 312 g/mol. The molecule has 6 heteroatoms. The smallest absolute Gasteiger partial charge is 0.217 e. The van der Waals surface area contributed by atoms with E-state index in [0.29, 0.717) is 6.54 Å². The van der Waals surface area contributed by atoms with Crippen molar-refractivity contribution in [3.63, 3.8) is 0 Å². The molecular formula is C17H26N2O3S. The summed E-state index contributed by atoms with van der Waals surface area (Å²) in [5.41, 5.74) is 0.916. The van der Waals surface area contributed by atoms with Gasteiger partial charge in [-0.15, -0.1) is 0 Å². The summed E-state index contributed by atoms with van der Waals surface area (Å²) in [6.07, 6.45) is 8.52. The Morgan fingerprint density at radius 3 is 2.70 bits per heavy atom. The zero-order valence-corrected chi connectivity index (χ0v) is 14.8. The molecule has 2 fully saturated rings. The van der Waals surface area contributed by atoms with Crippen molar-refractivity contribution >= 4 is 10.0 Å². The number of ether oxygens (including phenoxy) is 1. The molecule has 1 aromatic heterocycles. The predicted molar refractivity (Wildman–Crippen MR) is 89.4 cm³/mol. The lowest BCUT2D eigenvalue weighted by atomic mass is 9.78. The molecule has 1 spiro atoms. The Morgan fingerprint density at radius 1 is 1.39 bits per heavy atom. The normalized spacial score (nSPS) is 23.6. The van der Waals surface area contributed by atoms with E-state index >= 15 is 0 Å². The lowest BCUT2D eigenvalue weighted by molar-refractivity contribution is -0.0844. The van der Waals surface area contributed by atoms with Crippen molar-refractivity contribution in [1.29, 1.82) is 0 Å². The summed E-state index contributed by atoms with van der Waals surface area (Å²) in [7, 11) is -3.36. The maximum Gasteiger partial charge on any atom is 0.217 e. The Hall–Kier alpha value is -0.980. The number of nitrogens with zero attached hydrogens (tertiary/aromatic N) is 2. The number of hydrogen-bond acceptors (Lipinski definition) is 4. The second-order valence-corrected chi connectivity index (χ2v) is 9.06. The molecule has 23 heavy (non-hydrogen) atoms. The average Bonchev–Trinajstić information content (AvgIpc) is 2.89. The van der Waals surface area contributed by atoms with E-state index in [1.54, 1.807) is 16.7 Å². The van der Waals surface area contributed by atoms with Gasteiger partial charge in [0.25, 0.3) is 0 Å². The third-order valence-corrected chi connectivity index (χ3v) is 7.05. The summed E-state index contributed by atoms with van der Waals surface area (Å²) in [5, 5.41) is 0. The minimum absolute atomic E-state index is 0.00615. The topological polar surface area (TPSA) is 59.5 Å². The van der Waals surface area contributed by atoms with E-state index in [4.69, 9.17) is 4.74 Å². The molecule has 1 aliphatic heterocycles. The molecule has 0 aromatic carbocycles. The molecule has 0 bridgehead atoms. The van der Waals surface area contributed by atoms with Crippen molar-refractivity contribution in [2.75, 3.05) is 5.75 Å². The molecule has 1 aliphatic carbocycles. The van der Waals surface area contributed by atoms with Crippen molar-refractivity contribution in [1.82, 2.24) is 9.29 Å². The van der Waals surface area contributed by atoms with Gasteiger partial charge in [0.1, 0.15) is 0 Å². The van der Waals surface area contributed by atoms with Crippen LogP contribution in [-0.2, 0) is 21.3 Å². The molecule has 0 N–H and O–H groups in total. The summed E-state index contributed by atoms with van der Waals surface area (Å²) < 4.78 is 33.4. The van der Waals surface area contributed by atoms with Crippen LogP contribution in [0.25, 0.3) is 0 Å². The second-order valence-electron chi connectivity index (χ2n) is 7.09. The van der Waals surface area contributed by atoms with E-state index in [9.17, 15) is 8.42 Å². The fraction of sp³-hybridized carbons (Fsp3) is 0.706. The van der Waals surface area contributed by atoms with Crippen LogP contribution in [0.5, 0.6) is 0 Å². The Bertz CT molecular complexity index is 626. The monoisotopic (exact) mass is 338 g/mol. The summed E-state index contributed by atoms with van der Waals surface area (Å²) in [5.74, 6) is 0.0905.